The Morgan fingerprint density at radius 1 is 0.821 bits per heavy atom. The molecule has 0 aliphatic carbocycles. The van der Waals surface area contributed by atoms with Gasteiger partial charge in [-0.05, 0) is 29.8 Å². The molecule has 152 valence electrons. The first-order valence-corrected chi connectivity index (χ1v) is 7.81. The standard InChI is InChI=1S/C19H20N2O5.CH4.ClH/c1-22-15-7-11(5-6-14(15)20)18-13(10-26-21-18)12-8-16(23-2)19(25-4)17(9-12)24-3;;/h5-10H,20H2,1-4H3;1H4;1H/p-1. The van der Waals surface area contributed by atoms with E-state index in [1.807, 2.05) is 24.3 Å². The molecule has 2 aromatic carbocycles. The van der Waals surface area contributed by atoms with Crippen molar-refractivity contribution in [2.24, 2.45) is 0 Å². The predicted molar refractivity (Wildman–Crippen MR) is 105 cm³/mol. The van der Waals surface area contributed by atoms with Gasteiger partial charge in [0.15, 0.2) is 11.5 Å². The highest BCUT2D eigenvalue weighted by Crippen LogP contribution is 2.43. The third-order valence-corrected chi connectivity index (χ3v) is 4.05. The van der Waals surface area contributed by atoms with Gasteiger partial charge in [-0.25, -0.2) is 0 Å². The Labute approximate surface area is 170 Å². The second-order valence-electron chi connectivity index (χ2n) is 5.45. The molecule has 0 radical (unpaired) electrons. The Kier molecular flexibility index (Phi) is 8.00. The molecule has 28 heavy (non-hydrogen) atoms. The van der Waals surface area contributed by atoms with E-state index in [2.05, 4.69) is 5.16 Å². The van der Waals surface area contributed by atoms with E-state index in [0.717, 1.165) is 16.7 Å². The van der Waals surface area contributed by atoms with E-state index in [1.54, 1.807) is 40.8 Å². The first-order valence-electron chi connectivity index (χ1n) is 7.81. The molecule has 1 aromatic heterocycles. The Balaban J connectivity index is 0.00000196. The number of ether oxygens (including phenoxy) is 4. The Hall–Kier alpha value is -3.06. The zero-order valence-electron chi connectivity index (χ0n) is 15.4. The minimum absolute atomic E-state index is 0. The van der Waals surface area contributed by atoms with Gasteiger partial charge < -0.3 is 41.6 Å². The van der Waals surface area contributed by atoms with Gasteiger partial charge in [-0.1, -0.05) is 18.6 Å². The van der Waals surface area contributed by atoms with Crippen molar-refractivity contribution < 1.29 is 35.9 Å². The van der Waals surface area contributed by atoms with Crippen LogP contribution in [0.25, 0.3) is 22.4 Å². The van der Waals surface area contributed by atoms with Gasteiger partial charge in [-0.15, -0.1) is 0 Å². The van der Waals surface area contributed by atoms with Crippen LogP contribution in [0.2, 0.25) is 0 Å². The summed E-state index contributed by atoms with van der Waals surface area (Å²) in [5.41, 5.74) is 9.49. The summed E-state index contributed by atoms with van der Waals surface area (Å²) in [6, 6.07) is 9.12. The van der Waals surface area contributed by atoms with Gasteiger partial charge in [0, 0.05) is 11.1 Å². The number of benzene rings is 2. The van der Waals surface area contributed by atoms with E-state index in [1.165, 1.54) is 0 Å². The van der Waals surface area contributed by atoms with Gasteiger partial charge >= 0.3 is 0 Å². The topological polar surface area (TPSA) is 89.0 Å². The minimum Gasteiger partial charge on any atom is -1.00 e. The summed E-state index contributed by atoms with van der Waals surface area (Å²) < 4.78 is 26.7. The average molecular weight is 408 g/mol. The van der Waals surface area contributed by atoms with Crippen LogP contribution in [0, 0.1) is 0 Å². The maximum Gasteiger partial charge on any atom is 0.203 e. The van der Waals surface area contributed by atoms with Crippen LogP contribution in [0.5, 0.6) is 23.0 Å². The van der Waals surface area contributed by atoms with Gasteiger partial charge in [0.05, 0.1) is 34.1 Å². The summed E-state index contributed by atoms with van der Waals surface area (Å²) in [4.78, 5) is 0. The van der Waals surface area contributed by atoms with Crippen molar-refractivity contribution in [3.05, 3.63) is 36.6 Å². The smallest absolute Gasteiger partial charge is 0.203 e. The number of hydrogen-bond acceptors (Lipinski definition) is 7. The van der Waals surface area contributed by atoms with Crippen LogP contribution in [0.1, 0.15) is 7.43 Å². The molecule has 1 heterocycles. The Morgan fingerprint density at radius 3 is 1.93 bits per heavy atom. The van der Waals surface area contributed by atoms with Crippen molar-refractivity contribution in [1.82, 2.24) is 5.16 Å². The molecular weight excluding hydrogens is 384 g/mol. The van der Waals surface area contributed by atoms with Crippen LogP contribution in [0.4, 0.5) is 5.69 Å². The molecule has 3 rings (SSSR count). The van der Waals surface area contributed by atoms with Crippen molar-refractivity contribution in [2.45, 2.75) is 7.43 Å². The van der Waals surface area contributed by atoms with Crippen LogP contribution in [-0.2, 0) is 0 Å². The van der Waals surface area contributed by atoms with Crippen LogP contribution >= 0.6 is 0 Å². The monoisotopic (exact) mass is 407 g/mol. The maximum absolute atomic E-state index is 5.89. The number of nitrogen functional groups attached to an aromatic ring is 1. The number of halogens is 1. The van der Waals surface area contributed by atoms with Crippen molar-refractivity contribution >= 4 is 5.69 Å². The van der Waals surface area contributed by atoms with Crippen molar-refractivity contribution in [2.75, 3.05) is 34.2 Å². The lowest BCUT2D eigenvalue weighted by Gasteiger charge is -2.14. The minimum atomic E-state index is 0. The summed E-state index contributed by atoms with van der Waals surface area (Å²) >= 11 is 0. The molecule has 0 saturated carbocycles. The number of anilines is 1. The molecule has 0 spiro atoms. The zero-order valence-corrected chi connectivity index (χ0v) is 16.2. The molecule has 0 aliphatic rings. The number of aromatic nitrogens is 1. The fraction of sp³-hybridized carbons (Fsp3) is 0.250. The molecule has 0 aliphatic heterocycles. The van der Waals surface area contributed by atoms with Gasteiger partial charge in [0.2, 0.25) is 5.75 Å². The lowest BCUT2D eigenvalue weighted by molar-refractivity contribution is -0.00000703. The highest BCUT2D eigenvalue weighted by atomic mass is 35.5. The lowest BCUT2D eigenvalue weighted by atomic mass is 10.0. The Bertz CT molecular complexity index is 902. The first-order chi connectivity index (χ1) is 12.6. The van der Waals surface area contributed by atoms with Crippen molar-refractivity contribution in [1.29, 1.82) is 0 Å². The molecule has 0 amide bonds. The number of rotatable bonds is 6. The third-order valence-electron chi connectivity index (χ3n) is 4.05. The van der Waals surface area contributed by atoms with Gasteiger partial charge in [-0.2, -0.15) is 0 Å². The largest absolute Gasteiger partial charge is 1.00 e. The summed E-state index contributed by atoms with van der Waals surface area (Å²) in [6.45, 7) is 0. The van der Waals surface area contributed by atoms with Crippen LogP contribution in [0.3, 0.4) is 0 Å². The maximum atomic E-state index is 5.89. The summed E-state index contributed by atoms with van der Waals surface area (Å²) in [6.07, 6.45) is 1.57. The van der Waals surface area contributed by atoms with E-state index in [9.17, 15) is 0 Å². The summed E-state index contributed by atoms with van der Waals surface area (Å²) in [7, 11) is 6.27. The normalized spacial score (nSPS) is 9.71. The molecule has 0 unspecified atom stereocenters. The van der Waals surface area contributed by atoms with Gasteiger partial charge in [0.25, 0.3) is 0 Å². The van der Waals surface area contributed by atoms with Crippen molar-refractivity contribution in [3.63, 3.8) is 0 Å². The summed E-state index contributed by atoms with van der Waals surface area (Å²) in [5, 5.41) is 4.14. The predicted octanol–water partition coefficient (Wildman–Crippen LogP) is 1.27. The average Bonchev–Trinajstić information content (AvgIpc) is 3.16. The molecule has 7 nitrogen and oxygen atoms in total. The quantitative estimate of drug-likeness (QED) is 0.615. The van der Waals surface area contributed by atoms with E-state index in [4.69, 9.17) is 29.2 Å². The number of nitrogens with two attached hydrogens (primary N) is 1. The SMILES string of the molecule is C.COc1cc(-c2nocc2-c2cc(OC)c(OC)c(OC)c2)ccc1N.[Cl-]. The molecule has 2 N–H and O–H groups in total. The molecule has 0 fully saturated rings. The molecule has 0 bridgehead atoms. The Morgan fingerprint density at radius 2 is 1.39 bits per heavy atom. The molecule has 3 aromatic rings. The summed E-state index contributed by atoms with van der Waals surface area (Å²) in [5.74, 6) is 2.18. The van der Waals surface area contributed by atoms with Crippen LogP contribution in [0.15, 0.2) is 41.1 Å². The van der Waals surface area contributed by atoms with Gasteiger partial charge in [-0.3, -0.25) is 0 Å². The van der Waals surface area contributed by atoms with Crippen LogP contribution < -0.4 is 37.1 Å². The highest BCUT2D eigenvalue weighted by molar-refractivity contribution is 5.83. The highest BCUT2D eigenvalue weighted by Gasteiger charge is 2.19. The molecule has 0 saturated heterocycles. The third kappa shape index (κ3) is 4.09. The number of methoxy groups -OCH3 is 4. The van der Waals surface area contributed by atoms with E-state index in [-0.39, 0.29) is 19.8 Å². The zero-order chi connectivity index (χ0) is 18.7. The van der Waals surface area contributed by atoms with Crippen molar-refractivity contribution in [3.8, 4) is 45.4 Å². The van der Waals surface area contributed by atoms with E-state index in [0.29, 0.717) is 34.4 Å². The second kappa shape index (κ2) is 9.75. The molecular formula is C20H24ClN2O5-. The molecule has 8 heteroatoms. The van der Waals surface area contributed by atoms with E-state index >= 15 is 0 Å². The van der Waals surface area contributed by atoms with E-state index < -0.39 is 0 Å². The lowest BCUT2D eigenvalue weighted by Crippen LogP contribution is -3.00. The fourth-order valence-electron chi connectivity index (χ4n) is 2.74. The van der Waals surface area contributed by atoms with Gasteiger partial charge in [0.1, 0.15) is 17.7 Å². The first kappa shape index (κ1) is 23.0. The number of nitrogens with zero attached hydrogens (tertiary/aromatic N) is 1. The van der Waals surface area contributed by atoms with Crippen LogP contribution in [-0.4, -0.2) is 33.6 Å². The fourth-order valence-corrected chi connectivity index (χ4v) is 2.74. The molecule has 0 atom stereocenters. The second-order valence-corrected chi connectivity index (χ2v) is 5.45. The number of hydrogen-bond donors (Lipinski definition) is 1.